The van der Waals surface area contributed by atoms with Crippen LogP contribution in [0.4, 0.5) is 0 Å². The average Bonchev–Trinajstić information content (AvgIpc) is 3.02. The van der Waals surface area contributed by atoms with Crippen LogP contribution in [0.1, 0.15) is 30.1 Å². The average molecular weight is 276 g/mol. The van der Waals surface area contributed by atoms with E-state index in [1.54, 1.807) is 6.20 Å². The van der Waals surface area contributed by atoms with Crippen LogP contribution in [0.15, 0.2) is 12.4 Å². The number of hydrogen-bond donors (Lipinski definition) is 2. The minimum absolute atomic E-state index is 0.0673. The molecule has 0 saturated heterocycles. The van der Waals surface area contributed by atoms with Gasteiger partial charge in [-0.25, -0.2) is 4.98 Å². The van der Waals surface area contributed by atoms with Gasteiger partial charge in [0.2, 0.25) is 5.91 Å². The van der Waals surface area contributed by atoms with Gasteiger partial charge in [-0.3, -0.25) is 14.6 Å². The summed E-state index contributed by atoms with van der Waals surface area (Å²) < 4.78 is 1.87. The molecule has 2 N–H and O–H groups in total. The number of aromatic amines is 1. The molecule has 108 valence electrons. The number of hydrogen-bond acceptors (Lipinski definition) is 4. The molecule has 2 aromatic rings. The van der Waals surface area contributed by atoms with E-state index in [9.17, 15) is 4.79 Å². The molecule has 0 bridgehead atoms. The summed E-state index contributed by atoms with van der Waals surface area (Å²) in [5, 5.41) is 13.8. The van der Waals surface area contributed by atoms with Crippen LogP contribution in [0, 0.1) is 13.8 Å². The van der Waals surface area contributed by atoms with Gasteiger partial charge in [0.15, 0.2) is 0 Å². The highest BCUT2D eigenvalue weighted by Crippen LogP contribution is 1.99. The largest absolute Gasteiger partial charge is 0.356 e. The van der Waals surface area contributed by atoms with Crippen molar-refractivity contribution in [2.45, 2.75) is 39.7 Å². The second-order valence-electron chi connectivity index (χ2n) is 4.74. The summed E-state index contributed by atoms with van der Waals surface area (Å²) in [5.41, 5.74) is 1.05. The van der Waals surface area contributed by atoms with Crippen molar-refractivity contribution in [2.24, 2.45) is 0 Å². The van der Waals surface area contributed by atoms with Gasteiger partial charge in [-0.1, -0.05) is 0 Å². The van der Waals surface area contributed by atoms with Crippen LogP contribution in [0.25, 0.3) is 0 Å². The van der Waals surface area contributed by atoms with Gasteiger partial charge in [-0.15, -0.1) is 0 Å². The SMILES string of the molecule is Cc1nc(C)n(CCCNC(=O)CCc2cn[nH]c2)n1. The molecule has 7 nitrogen and oxygen atoms in total. The van der Waals surface area contributed by atoms with E-state index in [0.29, 0.717) is 19.4 Å². The highest BCUT2D eigenvalue weighted by Gasteiger charge is 2.04. The number of nitrogens with zero attached hydrogens (tertiary/aromatic N) is 4. The highest BCUT2D eigenvalue weighted by atomic mass is 16.1. The van der Waals surface area contributed by atoms with Gasteiger partial charge in [0.1, 0.15) is 11.6 Å². The molecular formula is C13H20N6O. The van der Waals surface area contributed by atoms with Crippen LogP contribution in [0.5, 0.6) is 0 Å². The predicted molar refractivity (Wildman–Crippen MR) is 74.0 cm³/mol. The Hall–Kier alpha value is -2.18. The number of H-pyrrole nitrogens is 1. The molecule has 0 fully saturated rings. The second-order valence-corrected chi connectivity index (χ2v) is 4.74. The number of amides is 1. The zero-order chi connectivity index (χ0) is 14.4. The summed E-state index contributed by atoms with van der Waals surface area (Å²) in [6.45, 7) is 5.24. The summed E-state index contributed by atoms with van der Waals surface area (Å²) in [6.07, 6.45) is 5.60. The molecular weight excluding hydrogens is 256 g/mol. The fourth-order valence-corrected chi connectivity index (χ4v) is 1.99. The molecule has 0 unspecified atom stereocenters. The monoisotopic (exact) mass is 276 g/mol. The smallest absolute Gasteiger partial charge is 0.220 e. The quantitative estimate of drug-likeness (QED) is 0.731. The number of carbonyl (C=O) groups excluding carboxylic acids is 1. The molecule has 2 aromatic heterocycles. The lowest BCUT2D eigenvalue weighted by Crippen LogP contribution is -2.25. The first-order chi connectivity index (χ1) is 9.65. The summed E-state index contributed by atoms with van der Waals surface area (Å²) in [4.78, 5) is 15.9. The Bertz CT molecular complexity index is 545. The van der Waals surface area contributed by atoms with E-state index in [1.165, 1.54) is 0 Å². The first-order valence-electron chi connectivity index (χ1n) is 6.77. The molecule has 0 spiro atoms. The summed E-state index contributed by atoms with van der Waals surface area (Å²) in [5.74, 6) is 1.76. The van der Waals surface area contributed by atoms with Crippen LogP contribution in [-0.4, -0.2) is 37.4 Å². The maximum atomic E-state index is 11.6. The van der Waals surface area contributed by atoms with E-state index in [-0.39, 0.29) is 5.91 Å². The van der Waals surface area contributed by atoms with Gasteiger partial charge in [-0.2, -0.15) is 10.2 Å². The van der Waals surface area contributed by atoms with Crippen molar-refractivity contribution < 1.29 is 4.79 Å². The van der Waals surface area contributed by atoms with Crippen molar-refractivity contribution in [3.05, 3.63) is 29.6 Å². The third-order valence-electron chi connectivity index (χ3n) is 3.03. The third kappa shape index (κ3) is 4.18. The Morgan fingerprint density at radius 1 is 1.45 bits per heavy atom. The second kappa shape index (κ2) is 6.83. The zero-order valence-corrected chi connectivity index (χ0v) is 11.9. The van der Waals surface area contributed by atoms with Crippen molar-refractivity contribution in [1.82, 2.24) is 30.3 Å². The molecule has 1 amide bonds. The van der Waals surface area contributed by atoms with Gasteiger partial charge in [0, 0.05) is 25.7 Å². The highest BCUT2D eigenvalue weighted by molar-refractivity contribution is 5.76. The minimum Gasteiger partial charge on any atom is -0.356 e. The predicted octanol–water partition coefficient (Wildman–Crippen LogP) is 0.757. The lowest BCUT2D eigenvalue weighted by atomic mass is 10.2. The first kappa shape index (κ1) is 14.2. The first-order valence-corrected chi connectivity index (χ1v) is 6.77. The van der Waals surface area contributed by atoms with E-state index in [4.69, 9.17) is 0 Å². The van der Waals surface area contributed by atoms with E-state index in [2.05, 4.69) is 25.6 Å². The molecule has 0 atom stereocenters. The maximum Gasteiger partial charge on any atom is 0.220 e. The van der Waals surface area contributed by atoms with Crippen molar-refractivity contribution >= 4 is 5.91 Å². The summed E-state index contributed by atoms with van der Waals surface area (Å²) >= 11 is 0. The normalized spacial score (nSPS) is 10.7. The standard InChI is InChI=1S/C13H20N6O/c1-10-17-11(2)19(18-10)7-3-6-14-13(20)5-4-12-8-15-16-9-12/h8-9H,3-7H2,1-2H3,(H,14,20)(H,15,16). The molecule has 0 radical (unpaired) electrons. The molecule has 0 aliphatic rings. The molecule has 7 heteroatoms. The van der Waals surface area contributed by atoms with Gasteiger partial charge < -0.3 is 5.32 Å². The lowest BCUT2D eigenvalue weighted by Gasteiger charge is -2.05. The Labute approximate surface area is 117 Å². The van der Waals surface area contributed by atoms with Crippen LogP contribution in [0.2, 0.25) is 0 Å². The van der Waals surface area contributed by atoms with E-state index in [0.717, 1.165) is 30.2 Å². The van der Waals surface area contributed by atoms with Crippen LogP contribution < -0.4 is 5.32 Å². The van der Waals surface area contributed by atoms with Gasteiger partial charge in [-0.05, 0) is 32.3 Å². The topological polar surface area (TPSA) is 88.5 Å². The van der Waals surface area contributed by atoms with Gasteiger partial charge in [0.25, 0.3) is 0 Å². The number of aryl methyl sites for hydroxylation is 4. The Morgan fingerprint density at radius 3 is 2.95 bits per heavy atom. The molecule has 0 aliphatic heterocycles. The van der Waals surface area contributed by atoms with E-state index < -0.39 is 0 Å². The fraction of sp³-hybridized carbons (Fsp3) is 0.538. The van der Waals surface area contributed by atoms with Crippen molar-refractivity contribution in [2.75, 3.05) is 6.54 Å². The van der Waals surface area contributed by atoms with Crippen LogP contribution >= 0.6 is 0 Å². The van der Waals surface area contributed by atoms with E-state index in [1.807, 2.05) is 24.7 Å². The fourth-order valence-electron chi connectivity index (χ4n) is 1.99. The molecule has 2 heterocycles. The summed E-state index contributed by atoms with van der Waals surface area (Å²) in [7, 11) is 0. The number of rotatable bonds is 7. The minimum atomic E-state index is 0.0673. The Morgan fingerprint density at radius 2 is 2.30 bits per heavy atom. The number of carbonyl (C=O) groups is 1. The maximum absolute atomic E-state index is 11.6. The molecule has 20 heavy (non-hydrogen) atoms. The number of nitrogens with one attached hydrogen (secondary N) is 2. The van der Waals surface area contributed by atoms with Crippen LogP contribution in [-0.2, 0) is 17.8 Å². The lowest BCUT2D eigenvalue weighted by molar-refractivity contribution is -0.121. The van der Waals surface area contributed by atoms with Gasteiger partial charge >= 0.3 is 0 Å². The summed E-state index contributed by atoms with van der Waals surface area (Å²) in [6, 6.07) is 0. The van der Waals surface area contributed by atoms with Crippen molar-refractivity contribution in [3.8, 4) is 0 Å². The molecule has 0 saturated carbocycles. The van der Waals surface area contributed by atoms with Crippen molar-refractivity contribution in [3.63, 3.8) is 0 Å². The Balaban J connectivity index is 1.61. The molecule has 0 aliphatic carbocycles. The van der Waals surface area contributed by atoms with E-state index >= 15 is 0 Å². The van der Waals surface area contributed by atoms with Crippen LogP contribution in [0.3, 0.4) is 0 Å². The van der Waals surface area contributed by atoms with Crippen molar-refractivity contribution in [1.29, 1.82) is 0 Å². The molecule has 2 rings (SSSR count). The number of aromatic nitrogens is 5. The zero-order valence-electron chi connectivity index (χ0n) is 11.9. The van der Waals surface area contributed by atoms with Gasteiger partial charge in [0.05, 0.1) is 6.20 Å². The Kier molecular flexibility index (Phi) is 4.86. The third-order valence-corrected chi connectivity index (χ3v) is 3.03. The molecule has 0 aromatic carbocycles.